The molecule has 24 heavy (non-hydrogen) atoms. The van der Waals surface area contributed by atoms with E-state index in [1.54, 1.807) is 6.07 Å². The van der Waals surface area contributed by atoms with Crippen LogP contribution in [0.5, 0.6) is 11.8 Å². The van der Waals surface area contributed by atoms with E-state index in [1.165, 1.54) is 20.3 Å². The number of hydrogen-bond acceptors (Lipinski definition) is 7. The van der Waals surface area contributed by atoms with Crippen molar-refractivity contribution in [2.45, 2.75) is 32.7 Å². The summed E-state index contributed by atoms with van der Waals surface area (Å²) in [6.45, 7) is 4.27. The fraction of sp³-hybridized carbons (Fsp3) is 0.412. The maximum Gasteiger partial charge on any atom is 0.220 e. The highest BCUT2D eigenvalue weighted by molar-refractivity contribution is 5.55. The van der Waals surface area contributed by atoms with Gasteiger partial charge < -0.3 is 25.1 Å². The summed E-state index contributed by atoms with van der Waals surface area (Å²) in [5.74, 6) is 0.752. The number of anilines is 1. The summed E-state index contributed by atoms with van der Waals surface area (Å²) >= 11 is 0. The van der Waals surface area contributed by atoms with Gasteiger partial charge in [0, 0.05) is 16.8 Å². The molecular formula is C17H23N3O4. The van der Waals surface area contributed by atoms with Crippen molar-refractivity contribution >= 4 is 5.69 Å². The molecule has 1 unspecified atom stereocenters. The number of nitrogens with two attached hydrogens (primary N) is 1. The fourth-order valence-corrected chi connectivity index (χ4v) is 2.15. The van der Waals surface area contributed by atoms with Crippen LogP contribution in [0.4, 0.5) is 5.69 Å². The van der Waals surface area contributed by atoms with E-state index in [0.717, 1.165) is 5.56 Å². The highest BCUT2D eigenvalue weighted by atomic mass is 16.5. The average Bonchev–Trinajstić information content (AvgIpc) is 2.59. The van der Waals surface area contributed by atoms with Crippen LogP contribution in [-0.2, 0) is 11.3 Å². The molecule has 1 heterocycles. The van der Waals surface area contributed by atoms with Gasteiger partial charge in [-0.3, -0.25) is 0 Å². The Labute approximate surface area is 141 Å². The Morgan fingerprint density at radius 3 is 2.29 bits per heavy atom. The quantitative estimate of drug-likeness (QED) is 0.748. The highest BCUT2D eigenvalue weighted by Crippen LogP contribution is 2.29. The van der Waals surface area contributed by atoms with Gasteiger partial charge in [-0.25, -0.2) is 0 Å². The molecule has 7 nitrogen and oxygen atoms in total. The maximum atomic E-state index is 10.7. The lowest BCUT2D eigenvalue weighted by Crippen LogP contribution is -2.12. The van der Waals surface area contributed by atoms with Crippen molar-refractivity contribution in [3.05, 3.63) is 41.2 Å². The predicted octanol–water partition coefficient (Wildman–Crippen LogP) is 2.08. The van der Waals surface area contributed by atoms with E-state index in [2.05, 4.69) is 9.97 Å². The highest BCUT2D eigenvalue weighted by Gasteiger charge is 2.20. The molecule has 1 atom stereocenters. The Hall–Kier alpha value is -2.38. The second kappa shape index (κ2) is 7.94. The van der Waals surface area contributed by atoms with Gasteiger partial charge in [-0.1, -0.05) is 18.2 Å². The lowest BCUT2D eigenvalue weighted by Gasteiger charge is -2.17. The van der Waals surface area contributed by atoms with E-state index in [4.69, 9.17) is 19.9 Å². The van der Waals surface area contributed by atoms with Crippen molar-refractivity contribution in [3.63, 3.8) is 0 Å². The summed E-state index contributed by atoms with van der Waals surface area (Å²) in [7, 11) is 2.96. The summed E-state index contributed by atoms with van der Waals surface area (Å²) < 4.78 is 15.8. The van der Waals surface area contributed by atoms with E-state index in [9.17, 15) is 5.11 Å². The minimum Gasteiger partial charge on any atom is -0.481 e. The summed E-state index contributed by atoms with van der Waals surface area (Å²) in [5, 5.41) is 10.7. The van der Waals surface area contributed by atoms with Gasteiger partial charge in [0.15, 0.2) is 5.82 Å². The molecular weight excluding hydrogens is 310 g/mol. The van der Waals surface area contributed by atoms with Crippen molar-refractivity contribution in [2.24, 2.45) is 0 Å². The van der Waals surface area contributed by atoms with E-state index in [0.29, 0.717) is 29.6 Å². The van der Waals surface area contributed by atoms with Gasteiger partial charge in [-0.2, -0.15) is 9.97 Å². The van der Waals surface area contributed by atoms with Crippen molar-refractivity contribution < 1.29 is 19.3 Å². The number of para-hydroxylation sites is 1. The smallest absolute Gasteiger partial charge is 0.220 e. The average molecular weight is 333 g/mol. The van der Waals surface area contributed by atoms with Gasteiger partial charge in [0.25, 0.3) is 0 Å². The number of hydrogen-bond donors (Lipinski definition) is 2. The number of ether oxygens (including phenoxy) is 3. The SMILES string of the molecule is COc1cc(OC)nc(C(O)c2cccc(COC(C)C)c2N)n1. The first-order valence-corrected chi connectivity index (χ1v) is 7.60. The Morgan fingerprint density at radius 1 is 1.12 bits per heavy atom. The fourth-order valence-electron chi connectivity index (χ4n) is 2.15. The van der Waals surface area contributed by atoms with Crippen LogP contribution in [0.25, 0.3) is 0 Å². The number of aliphatic hydroxyl groups excluding tert-OH is 1. The minimum atomic E-state index is -1.10. The number of methoxy groups -OCH3 is 2. The van der Waals surface area contributed by atoms with E-state index < -0.39 is 6.10 Å². The number of aliphatic hydroxyl groups is 1. The maximum absolute atomic E-state index is 10.7. The van der Waals surface area contributed by atoms with Crippen LogP contribution in [0.3, 0.4) is 0 Å². The summed E-state index contributed by atoms with van der Waals surface area (Å²) in [5.41, 5.74) is 7.96. The Morgan fingerprint density at radius 2 is 1.75 bits per heavy atom. The third-order valence-corrected chi connectivity index (χ3v) is 3.46. The van der Waals surface area contributed by atoms with Crippen LogP contribution in [0, 0.1) is 0 Å². The van der Waals surface area contributed by atoms with Crippen LogP contribution in [0.15, 0.2) is 24.3 Å². The lowest BCUT2D eigenvalue weighted by molar-refractivity contribution is 0.0659. The van der Waals surface area contributed by atoms with Crippen molar-refractivity contribution in [1.82, 2.24) is 9.97 Å². The molecule has 0 saturated heterocycles. The van der Waals surface area contributed by atoms with Crippen LogP contribution in [0.1, 0.15) is 36.9 Å². The van der Waals surface area contributed by atoms with E-state index in [1.807, 2.05) is 26.0 Å². The molecule has 7 heteroatoms. The molecule has 0 bridgehead atoms. The molecule has 0 radical (unpaired) electrons. The first-order chi connectivity index (χ1) is 11.5. The molecule has 0 fully saturated rings. The second-order valence-corrected chi connectivity index (χ2v) is 5.49. The largest absolute Gasteiger partial charge is 0.481 e. The standard InChI is InChI=1S/C17H23N3O4/c1-10(2)24-9-11-6-5-7-12(15(11)18)16(21)17-19-13(22-3)8-14(20-17)23-4/h5-8,10,16,21H,9,18H2,1-4H3. The molecule has 1 aromatic heterocycles. The zero-order chi connectivity index (χ0) is 17.7. The monoisotopic (exact) mass is 333 g/mol. The second-order valence-electron chi connectivity index (χ2n) is 5.49. The molecule has 2 rings (SSSR count). The summed E-state index contributed by atoms with van der Waals surface area (Å²) in [6.07, 6.45) is -1.02. The van der Waals surface area contributed by atoms with Crippen molar-refractivity contribution in [2.75, 3.05) is 20.0 Å². The summed E-state index contributed by atoms with van der Waals surface area (Å²) in [4.78, 5) is 8.34. The molecule has 0 saturated carbocycles. The van der Waals surface area contributed by atoms with Crippen LogP contribution >= 0.6 is 0 Å². The molecule has 1 aromatic carbocycles. The normalized spacial score (nSPS) is 12.2. The third-order valence-electron chi connectivity index (χ3n) is 3.46. The minimum absolute atomic E-state index is 0.0870. The van der Waals surface area contributed by atoms with E-state index >= 15 is 0 Å². The van der Waals surface area contributed by atoms with Gasteiger partial charge in [0.1, 0.15) is 6.10 Å². The van der Waals surface area contributed by atoms with Crippen molar-refractivity contribution in [3.8, 4) is 11.8 Å². The number of nitrogens with zero attached hydrogens (tertiary/aromatic N) is 2. The van der Waals surface area contributed by atoms with Crippen LogP contribution < -0.4 is 15.2 Å². The first kappa shape index (κ1) is 18.0. The Kier molecular flexibility index (Phi) is 5.94. The van der Waals surface area contributed by atoms with Gasteiger partial charge in [-0.05, 0) is 13.8 Å². The van der Waals surface area contributed by atoms with Gasteiger partial charge in [0.05, 0.1) is 33.0 Å². The number of aromatic nitrogens is 2. The molecule has 0 spiro atoms. The zero-order valence-electron chi connectivity index (χ0n) is 14.3. The molecule has 3 N–H and O–H groups in total. The molecule has 0 amide bonds. The Balaban J connectivity index is 2.36. The molecule has 2 aromatic rings. The molecule has 0 aliphatic rings. The molecule has 0 aliphatic heterocycles. The number of benzene rings is 1. The van der Waals surface area contributed by atoms with Gasteiger partial charge in [0.2, 0.25) is 11.8 Å². The molecule has 130 valence electrons. The van der Waals surface area contributed by atoms with Gasteiger partial charge >= 0.3 is 0 Å². The third kappa shape index (κ3) is 4.12. The predicted molar refractivity (Wildman–Crippen MR) is 90.0 cm³/mol. The zero-order valence-corrected chi connectivity index (χ0v) is 14.3. The van der Waals surface area contributed by atoms with Gasteiger partial charge in [-0.15, -0.1) is 0 Å². The topological polar surface area (TPSA) is 99.7 Å². The van der Waals surface area contributed by atoms with Crippen molar-refractivity contribution in [1.29, 1.82) is 0 Å². The first-order valence-electron chi connectivity index (χ1n) is 7.60. The summed E-state index contributed by atoms with van der Waals surface area (Å²) in [6, 6.07) is 6.94. The van der Waals surface area contributed by atoms with Crippen LogP contribution in [0.2, 0.25) is 0 Å². The molecule has 0 aliphatic carbocycles. The number of rotatable bonds is 7. The number of nitrogen functional groups attached to an aromatic ring is 1. The Bertz CT molecular complexity index is 669. The van der Waals surface area contributed by atoms with E-state index in [-0.39, 0.29) is 11.9 Å². The lowest BCUT2D eigenvalue weighted by atomic mass is 10.0. The van der Waals surface area contributed by atoms with Crippen LogP contribution in [-0.4, -0.2) is 35.4 Å².